The quantitative estimate of drug-likeness (QED) is 0.195. The zero-order chi connectivity index (χ0) is 32.3. The van der Waals surface area contributed by atoms with Crippen molar-refractivity contribution in [1.29, 1.82) is 0 Å². The summed E-state index contributed by atoms with van der Waals surface area (Å²) in [6.07, 6.45) is 0. The molecule has 0 amide bonds. The molecule has 0 radical (unpaired) electrons. The maximum Gasteiger partial charge on any atom is 0.164 e. The molecule has 0 unspecified atom stereocenters. The van der Waals surface area contributed by atoms with E-state index in [2.05, 4.69) is 158 Å². The molecule has 0 bridgehead atoms. The monoisotopic (exact) mass is 625 g/mol. The molecule has 0 aliphatic heterocycles. The molecule has 0 saturated carbocycles. The number of nitrogens with zero attached hydrogens (tertiary/aromatic N) is 3. The first kappa shape index (κ1) is 27.5. The van der Waals surface area contributed by atoms with Gasteiger partial charge in [-0.3, -0.25) is 0 Å². The van der Waals surface area contributed by atoms with Crippen LogP contribution in [0, 0.1) is 0 Å². The molecule has 0 N–H and O–H groups in total. The fourth-order valence-corrected chi connectivity index (χ4v) is 7.14. The van der Waals surface area contributed by atoms with Crippen molar-refractivity contribution in [1.82, 2.24) is 15.0 Å². The molecule has 10 aromatic rings. The van der Waals surface area contributed by atoms with Crippen LogP contribution in [-0.4, -0.2) is 15.0 Å². The maximum atomic E-state index is 6.66. The van der Waals surface area contributed by atoms with Crippen LogP contribution < -0.4 is 0 Å². The zero-order valence-corrected chi connectivity index (χ0v) is 26.3. The summed E-state index contributed by atoms with van der Waals surface area (Å²) in [6.45, 7) is 0. The van der Waals surface area contributed by atoms with E-state index in [1.54, 1.807) is 0 Å². The van der Waals surface area contributed by atoms with Crippen molar-refractivity contribution in [2.45, 2.75) is 0 Å². The van der Waals surface area contributed by atoms with Crippen LogP contribution in [0.25, 0.3) is 99.5 Å². The van der Waals surface area contributed by atoms with Crippen molar-refractivity contribution < 1.29 is 4.42 Å². The zero-order valence-electron chi connectivity index (χ0n) is 26.3. The average Bonchev–Trinajstić information content (AvgIpc) is 3.53. The standard InChI is InChI=1S/C45H27N3O/c1-2-12-28(13-3-1)33-25-39(42-38-24-31-16-4-5-17-32(31)26-40(38)49-41(42)27-33)45-47-43(36-22-10-18-29-14-6-8-20-34(29)36)46-44(48-45)37-23-11-19-30-15-7-9-21-35(30)37/h1-27H. The second-order valence-electron chi connectivity index (χ2n) is 12.4. The molecule has 0 aliphatic rings. The predicted octanol–water partition coefficient (Wildman–Crippen LogP) is 11.9. The molecule has 10 rings (SSSR count). The summed E-state index contributed by atoms with van der Waals surface area (Å²) in [5.74, 6) is 1.85. The summed E-state index contributed by atoms with van der Waals surface area (Å²) < 4.78 is 6.66. The summed E-state index contributed by atoms with van der Waals surface area (Å²) in [5.41, 5.74) is 6.57. The molecule has 2 heterocycles. The van der Waals surface area contributed by atoms with Gasteiger partial charge in [0.15, 0.2) is 17.5 Å². The van der Waals surface area contributed by atoms with Gasteiger partial charge < -0.3 is 4.42 Å². The SMILES string of the molecule is c1ccc(-c2cc(-c3nc(-c4cccc5ccccc45)nc(-c4cccc5ccccc45)n3)c3c(c2)oc2cc4ccccc4cc23)cc1. The minimum absolute atomic E-state index is 0.597. The first-order chi connectivity index (χ1) is 24.3. The molecular formula is C45H27N3O. The summed E-state index contributed by atoms with van der Waals surface area (Å²) in [4.78, 5) is 15.8. The van der Waals surface area contributed by atoms with Gasteiger partial charge in [0.25, 0.3) is 0 Å². The smallest absolute Gasteiger partial charge is 0.164 e. The normalized spacial score (nSPS) is 11.7. The predicted molar refractivity (Wildman–Crippen MR) is 201 cm³/mol. The van der Waals surface area contributed by atoms with E-state index in [0.29, 0.717) is 17.5 Å². The highest BCUT2D eigenvalue weighted by molar-refractivity contribution is 6.16. The van der Waals surface area contributed by atoms with Crippen LogP contribution in [0.3, 0.4) is 0 Å². The fraction of sp³-hybridized carbons (Fsp3) is 0. The van der Waals surface area contributed by atoms with E-state index in [1.807, 2.05) is 6.07 Å². The molecule has 0 saturated heterocycles. The van der Waals surface area contributed by atoms with Gasteiger partial charge in [-0.2, -0.15) is 0 Å². The summed E-state index contributed by atoms with van der Waals surface area (Å²) in [5, 5.41) is 8.75. The highest BCUT2D eigenvalue weighted by Gasteiger charge is 2.21. The highest BCUT2D eigenvalue weighted by atomic mass is 16.3. The van der Waals surface area contributed by atoms with Gasteiger partial charge in [-0.1, -0.05) is 140 Å². The van der Waals surface area contributed by atoms with Gasteiger partial charge in [0.1, 0.15) is 11.2 Å². The van der Waals surface area contributed by atoms with Crippen molar-refractivity contribution in [2.75, 3.05) is 0 Å². The Balaban J connectivity index is 1.33. The van der Waals surface area contributed by atoms with Crippen molar-refractivity contribution in [3.8, 4) is 45.3 Å². The lowest BCUT2D eigenvalue weighted by molar-refractivity contribution is 0.669. The Morgan fingerprint density at radius 3 is 1.47 bits per heavy atom. The number of fused-ring (bicyclic) bond motifs is 6. The lowest BCUT2D eigenvalue weighted by Gasteiger charge is -2.13. The van der Waals surface area contributed by atoms with E-state index < -0.39 is 0 Å². The number of benzene rings is 8. The molecule has 49 heavy (non-hydrogen) atoms. The summed E-state index contributed by atoms with van der Waals surface area (Å²) in [7, 11) is 0. The molecule has 0 spiro atoms. The van der Waals surface area contributed by atoms with Crippen molar-refractivity contribution in [3.63, 3.8) is 0 Å². The molecule has 0 fully saturated rings. The van der Waals surface area contributed by atoms with Gasteiger partial charge in [-0.25, -0.2) is 15.0 Å². The van der Waals surface area contributed by atoms with Crippen LogP contribution in [0.4, 0.5) is 0 Å². The molecule has 2 aromatic heterocycles. The molecule has 4 nitrogen and oxygen atoms in total. The number of hydrogen-bond acceptors (Lipinski definition) is 4. The lowest BCUT2D eigenvalue weighted by atomic mass is 9.97. The van der Waals surface area contributed by atoms with Crippen LogP contribution in [-0.2, 0) is 0 Å². The Labute approximate surface area is 282 Å². The number of aromatic nitrogens is 3. The molecule has 228 valence electrons. The Hall–Kier alpha value is -6.65. The van der Waals surface area contributed by atoms with Crippen molar-refractivity contribution >= 4 is 54.3 Å². The van der Waals surface area contributed by atoms with E-state index >= 15 is 0 Å². The maximum absolute atomic E-state index is 6.66. The largest absolute Gasteiger partial charge is 0.456 e. The third-order valence-corrected chi connectivity index (χ3v) is 9.48. The third-order valence-electron chi connectivity index (χ3n) is 9.48. The molecule has 0 aliphatic carbocycles. The Kier molecular flexibility index (Phi) is 6.15. The second kappa shape index (κ2) is 11.0. The summed E-state index contributed by atoms with van der Waals surface area (Å²) >= 11 is 0. The van der Waals surface area contributed by atoms with Gasteiger partial charge in [0.05, 0.1) is 0 Å². The molecule has 0 atom stereocenters. The van der Waals surface area contributed by atoms with Crippen LogP contribution >= 0.6 is 0 Å². The van der Waals surface area contributed by atoms with E-state index in [0.717, 1.165) is 82.1 Å². The number of rotatable bonds is 4. The Bertz CT molecular complexity index is 2780. The Morgan fingerprint density at radius 2 is 0.837 bits per heavy atom. The van der Waals surface area contributed by atoms with Gasteiger partial charge >= 0.3 is 0 Å². The molecule has 4 heteroatoms. The third kappa shape index (κ3) is 4.57. The Morgan fingerprint density at radius 1 is 0.327 bits per heavy atom. The minimum Gasteiger partial charge on any atom is -0.456 e. The second-order valence-corrected chi connectivity index (χ2v) is 12.4. The molecular weight excluding hydrogens is 599 g/mol. The molecule has 8 aromatic carbocycles. The summed E-state index contributed by atoms with van der Waals surface area (Å²) in [6, 6.07) is 56.9. The number of hydrogen-bond donors (Lipinski definition) is 0. The highest BCUT2D eigenvalue weighted by Crippen LogP contribution is 2.41. The van der Waals surface area contributed by atoms with Crippen LogP contribution in [0.15, 0.2) is 168 Å². The van der Waals surface area contributed by atoms with E-state index in [-0.39, 0.29) is 0 Å². The average molecular weight is 626 g/mol. The fourth-order valence-electron chi connectivity index (χ4n) is 7.14. The minimum atomic E-state index is 0.597. The van der Waals surface area contributed by atoms with E-state index in [1.165, 1.54) is 0 Å². The van der Waals surface area contributed by atoms with Gasteiger partial charge in [0, 0.05) is 27.5 Å². The van der Waals surface area contributed by atoms with Gasteiger partial charge in [0.2, 0.25) is 0 Å². The first-order valence-corrected chi connectivity index (χ1v) is 16.4. The van der Waals surface area contributed by atoms with Gasteiger partial charge in [-0.05, 0) is 67.7 Å². The van der Waals surface area contributed by atoms with Crippen molar-refractivity contribution in [2.24, 2.45) is 0 Å². The van der Waals surface area contributed by atoms with Crippen molar-refractivity contribution in [3.05, 3.63) is 164 Å². The first-order valence-electron chi connectivity index (χ1n) is 16.4. The van der Waals surface area contributed by atoms with Crippen LogP contribution in [0.2, 0.25) is 0 Å². The topological polar surface area (TPSA) is 51.8 Å². The number of furan rings is 1. The van der Waals surface area contributed by atoms with Crippen LogP contribution in [0.1, 0.15) is 0 Å². The lowest BCUT2D eigenvalue weighted by Crippen LogP contribution is -2.01. The van der Waals surface area contributed by atoms with Crippen LogP contribution in [0.5, 0.6) is 0 Å². The van der Waals surface area contributed by atoms with E-state index in [9.17, 15) is 0 Å². The van der Waals surface area contributed by atoms with Gasteiger partial charge in [-0.15, -0.1) is 0 Å². The van der Waals surface area contributed by atoms with E-state index in [4.69, 9.17) is 19.4 Å².